The zero-order valence-electron chi connectivity index (χ0n) is 22.8. The van der Waals surface area contributed by atoms with Crippen LogP contribution in [-0.4, -0.2) is 78.8 Å². The molecule has 4 heterocycles. The Morgan fingerprint density at radius 1 is 1.20 bits per heavy atom. The lowest BCUT2D eigenvalue weighted by Crippen LogP contribution is -2.50. The number of rotatable bonds is 6. The molecular formula is C27H32ClF4N7O. The number of nitrogens with one attached hydrogen (secondary N) is 2. The van der Waals surface area contributed by atoms with Gasteiger partial charge in [0.1, 0.15) is 23.8 Å². The van der Waals surface area contributed by atoms with Crippen LogP contribution in [0.25, 0.3) is 22.2 Å². The van der Waals surface area contributed by atoms with Gasteiger partial charge in [-0.15, -0.1) is 0 Å². The van der Waals surface area contributed by atoms with Crippen LogP contribution in [0.4, 0.5) is 29.2 Å². The van der Waals surface area contributed by atoms with Crippen molar-refractivity contribution < 1.29 is 22.3 Å². The Morgan fingerprint density at radius 2 is 1.98 bits per heavy atom. The summed E-state index contributed by atoms with van der Waals surface area (Å²) in [6.07, 6.45) is -2.80. The summed E-state index contributed by atoms with van der Waals surface area (Å²) in [6.45, 7) is 6.52. The first kappa shape index (κ1) is 28.6. The van der Waals surface area contributed by atoms with Crippen molar-refractivity contribution in [3.63, 3.8) is 0 Å². The van der Waals surface area contributed by atoms with Crippen molar-refractivity contribution in [3.05, 3.63) is 34.1 Å². The Kier molecular flexibility index (Phi) is 7.95. The molecule has 0 spiro atoms. The van der Waals surface area contributed by atoms with Gasteiger partial charge in [-0.05, 0) is 58.0 Å². The summed E-state index contributed by atoms with van der Waals surface area (Å²) in [5.74, 6) is -0.438. The summed E-state index contributed by atoms with van der Waals surface area (Å²) >= 11 is 6.57. The third-order valence-corrected chi connectivity index (χ3v) is 7.98. The molecule has 2 aliphatic rings. The van der Waals surface area contributed by atoms with Crippen molar-refractivity contribution in [2.45, 2.75) is 44.9 Å². The quantitative estimate of drug-likeness (QED) is 0.388. The molecule has 0 amide bonds. The molecule has 2 aliphatic heterocycles. The van der Waals surface area contributed by atoms with E-state index in [-0.39, 0.29) is 40.0 Å². The summed E-state index contributed by atoms with van der Waals surface area (Å²) in [5.41, 5.74) is -2.42. The van der Waals surface area contributed by atoms with Gasteiger partial charge < -0.3 is 25.2 Å². The summed E-state index contributed by atoms with van der Waals surface area (Å²) in [4.78, 5) is 17.3. The van der Waals surface area contributed by atoms with Gasteiger partial charge in [0.2, 0.25) is 0 Å². The van der Waals surface area contributed by atoms with E-state index in [4.69, 9.17) is 16.3 Å². The monoisotopic (exact) mass is 581 g/mol. The fourth-order valence-corrected chi connectivity index (χ4v) is 5.80. The Balaban J connectivity index is 1.72. The van der Waals surface area contributed by atoms with Crippen LogP contribution in [0.5, 0.6) is 6.01 Å². The Morgan fingerprint density at radius 3 is 2.62 bits per heavy atom. The molecule has 0 aliphatic carbocycles. The number of likely N-dealkylation sites (N-methyl/N-ethyl adjacent to an activating group) is 1. The minimum Gasteiger partial charge on any atom is -0.462 e. The lowest BCUT2D eigenvalue weighted by Gasteiger charge is -2.35. The number of likely N-dealkylation sites (tertiary alicyclic amines) is 1. The maximum absolute atomic E-state index is 16.5. The molecule has 5 rings (SSSR count). The molecule has 2 fully saturated rings. The number of benzene rings is 1. The maximum Gasteiger partial charge on any atom is 0.418 e. The number of piperazine rings is 1. The van der Waals surface area contributed by atoms with Crippen LogP contribution in [0.15, 0.2) is 12.1 Å². The molecule has 2 atom stereocenters. The number of ether oxygens (including phenoxy) is 1. The molecule has 13 heteroatoms. The molecule has 2 saturated heterocycles. The van der Waals surface area contributed by atoms with E-state index in [0.717, 1.165) is 19.4 Å². The van der Waals surface area contributed by atoms with Crippen molar-refractivity contribution in [3.8, 4) is 17.3 Å². The number of hydrogen-bond acceptors (Lipinski definition) is 8. The van der Waals surface area contributed by atoms with Crippen LogP contribution < -0.4 is 20.3 Å². The molecule has 0 bridgehead atoms. The molecule has 8 nitrogen and oxygen atoms in total. The molecule has 2 N–H and O–H groups in total. The summed E-state index contributed by atoms with van der Waals surface area (Å²) in [5, 5.41) is 6.12. The van der Waals surface area contributed by atoms with Gasteiger partial charge in [-0.3, -0.25) is 0 Å². The Bertz CT molecular complexity index is 1420. The topological polar surface area (TPSA) is 78.4 Å². The van der Waals surface area contributed by atoms with E-state index in [1.54, 1.807) is 0 Å². The van der Waals surface area contributed by atoms with Crippen molar-refractivity contribution in [2.24, 2.45) is 0 Å². The highest BCUT2D eigenvalue weighted by molar-refractivity contribution is 6.34. The van der Waals surface area contributed by atoms with E-state index in [0.29, 0.717) is 37.4 Å². The first-order chi connectivity index (χ1) is 19.0. The fourth-order valence-electron chi connectivity index (χ4n) is 5.52. The number of anilines is 2. The van der Waals surface area contributed by atoms with E-state index in [9.17, 15) is 13.2 Å². The minimum atomic E-state index is -4.79. The molecule has 216 valence electrons. The second-order valence-electron chi connectivity index (χ2n) is 10.4. The van der Waals surface area contributed by atoms with Crippen molar-refractivity contribution in [1.82, 2.24) is 25.2 Å². The molecule has 40 heavy (non-hydrogen) atoms. The molecule has 3 aromatic rings. The second-order valence-corrected chi connectivity index (χ2v) is 10.8. The standard InChI is InChI=1S/C27H32ClF4N7O/c1-14-10-19(33-3)35-24(21(14)27(30,31)32)20-18(28)11-17-23(22(20)29)36-26(40-13-16-6-5-8-38(16)4)37-25(17)39-9-7-34-12-15(39)2/h10-11,15-16,34H,5-9,12-13H2,1-4H3,(H,33,35)/t15-,16-/m0/s1. The van der Waals surface area contributed by atoms with Crippen LogP contribution in [0.2, 0.25) is 5.02 Å². The summed E-state index contributed by atoms with van der Waals surface area (Å²) in [6, 6.07) is 2.83. The lowest BCUT2D eigenvalue weighted by atomic mass is 9.98. The smallest absolute Gasteiger partial charge is 0.418 e. The number of halogens is 5. The molecule has 0 radical (unpaired) electrons. The third-order valence-electron chi connectivity index (χ3n) is 7.69. The largest absolute Gasteiger partial charge is 0.462 e. The fraction of sp³-hybridized carbons (Fsp3) is 0.519. The Labute approximate surface area is 235 Å². The zero-order chi connectivity index (χ0) is 28.8. The molecule has 1 aromatic carbocycles. The maximum atomic E-state index is 16.5. The van der Waals surface area contributed by atoms with Gasteiger partial charge in [0.05, 0.1) is 21.8 Å². The second kappa shape index (κ2) is 11.1. The predicted octanol–water partition coefficient (Wildman–Crippen LogP) is 5.12. The van der Waals surface area contributed by atoms with Crippen LogP contribution in [0, 0.1) is 12.7 Å². The average molecular weight is 582 g/mol. The van der Waals surface area contributed by atoms with Gasteiger partial charge in [0, 0.05) is 44.2 Å². The van der Waals surface area contributed by atoms with Crippen molar-refractivity contribution in [1.29, 1.82) is 0 Å². The van der Waals surface area contributed by atoms with Crippen molar-refractivity contribution in [2.75, 3.05) is 57.1 Å². The van der Waals surface area contributed by atoms with Gasteiger partial charge in [-0.2, -0.15) is 23.1 Å². The zero-order valence-corrected chi connectivity index (χ0v) is 23.5. The van der Waals surface area contributed by atoms with Crippen molar-refractivity contribution >= 4 is 34.1 Å². The molecule has 0 saturated carbocycles. The lowest BCUT2D eigenvalue weighted by molar-refractivity contribution is -0.137. The number of alkyl halides is 3. The normalized spacial score (nSPS) is 20.4. The highest BCUT2D eigenvalue weighted by Crippen LogP contribution is 2.45. The van der Waals surface area contributed by atoms with E-state index < -0.39 is 28.8 Å². The average Bonchev–Trinajstić information content (AvgIpc) is 3.31. The Hall–Kier alpha value is -2.96. The number of fused-ring (bicyclic) bond motifs is 1. The van der Waals surface area contributed by atoms with Gasteiger partial charge >= 0.3 is 12.2 Å². The van der Waals surface area contributed by atoms with Crippen LogP contribution in [0.1, 0.15) is 30.9 Å². The summed E-state index contributed by atoms with van der Waals surface area (Å²) < 4.78 is 65.1. The van der Waals surface area contributed by atoms with E-state index in [1.165, 1.54) is 26.1 Å². The summed E-state index contributed by atoms with van der Waals surface area (Å²) in [7, 11) is 3.53. The number of hydrogen-bond donors (Lipinski definition) is 2. The van der Waals surface area contributed by atoms with Gasteiger partial charge in [0.15, 0.2) is 5.82 Å². The number of aromatic nitrogens is 3. The first-order valence-electron chi connectivity index (χ1n) is 13.3. The van der Waals surface area contributed by atoms with Gasteiger partial charge in [-0.25, -0.2) is 9.37 Å². The highest BCUT2D eigenvalue weighted by atomic mass is 35.5. The highest BCUT2D eigenvalue weighted by Gasteiger charge is 2.39. The minimum absolute atomic E-state index is 0.00985. The van der Waals surface area contributed by atoms with E-state index in [2.05, 4.69) is 30.5 Å². The number of nitrogens with zero attached hydrogens (tertiary/aromatic N) is 5. The third kappa shape index (κ3) is 5.36. The molecular weight excluding hydrogens is 550 g/mol. The van der Waals surface area contributed by atoms with Gasteiger partial charge in [0.25, 0.3) is 0 Å². The number of aryl methyl sites for hydroxylation is 1. The van der Waals surface area contributed by atoms with Gasteiger partial charge in [-0.1, -0.05) is 11.6 Å². The van der Waals surface area contributed by atoms with Crippen LogP contribution >= 0.6 is 11.6 Å². The predicted molar refractivity (Wildman–Crippen MR) is 148 cm³/mol. The number of pyridine rings is 1. The van der Waals surface area contributed by atoms with Crippen LogP contribution in [-0.2, 0) is 6.18 Å². The van der Waals surface area contributed by atoms with E-state index >= 15 is 4.39 Å². The first-order valence-corrected chi connectivity index (χ1v) is 13.6. The van der Waals surface area contributed by atoms with E-state index in [1.807, 2.05) is 18.9 Å². The molecule has 0 unspecified atom stereocenters. The van der Waals surface area contributed by atoms with Crippen LogP contribution in [0.3, 0.4) is 0 Å². The SMILES string of the molecule is CNc1cc(C)c(C(F)(F)F)c(-c2c(Cl)cc3c(N4CCNC[C@@H]4C)nc(OC[C@@H]4CCCN4C)nc3c2F)n1. The molecule has 2 aromatic heterocycles.